The van der Waals surface area contributed by atoms with E-state index in [1.54, 1.807) is 19.1 Å². The predicted molar refractivity (Wildman–Crippen MR) is 139 cm³/mol. The summed E-state index contributed by atoms with van der Waals surface area (Å²) in [7, 11) is 0. The van der Waals surface area contributed by atoms with Gasteiger partial charge in [0.2, 0.25) is 5.91 Å². The van der Waals surface area contributed by atoms with E-state index in [4.69, 9.17) is 9.15 Å². The van der Waals surface area contributed by atoms with Crippen LogP contribution in [0, 0.1) is 31.4 Å². The van der Waals surface area contributed by atoms with E-state index in [1.165, 1.54) is 12.1 Å². The third-order valence-corrected chi connectivity index (χ3v) is 8.42. The van der Waals surface area contributed by atoms with Crippen LogP contribution in [0.5, 0.6) is 5.75 Å². The number of carbonyl (C=O) groups excluding carboxylic acids is 1. The van der Waals surface area contributed by atoms with Crippen molar-refractivity contribution in [2.24, 2.45) is 5.92 Å². The number of hydrogen-bond acceptors (Lipinski definition) is 5. The van der Waals surface area contributed by atoms with Crippen molar-refractivity contribution in [1.82, 2.24) is 4.90 Å². The fourth-order valence-corrected chi connectivity index (χ4v) is 6.00. The van der Waals surface area contributed by atoms with Crippen LogP contribution in [0.1, 0.15) is 60.8 Å². The number of carbonyl (C=O) groups is 1. The van der Waals surface area contributed by atoms with Crippen molar-refractivity contribution >= 4 is 16.9 Å². The average Bonchev–Trinajstić information content (AvgIpc) is 2.88. The van der Waals surface area contributed by atoms with Gasteiger partial charge in [0.1, 0.15) is 29.6 Å². The minimum atomic E-state index is -0.691. The number of nitrogens with zero attached hydrogens (tertiary/aromatic N) is 1. The standard InChI is InChI=1S/C30H33F2NO5/c1-18-23-8-10-26(37-17-20-6-7-22(31)15-25(20)32)19(2)28(23)38-29(35)24(18)9-11-27(34)33-14-13-30(36)12-4-3-5-21(30)16-33/h6-8,10,15,21,36H,3-5,9,11-14,16-17H2,1-2H3/t21-,30-/m1/s1. The number of hydrogen-bond donors (Lipinski definition) is 1. The van der Waals surface area contributed by atoms with Gasteiger partial charge in [-0.1, -0.05) is 12.8 Å². The Balaban J connectivity index is 1.29. The second-order valence-corrected chi connectivity index (χ2v) is 10.7. The van der Waals surface area contributed by atoms with Gasteiger partial charge in [-0.25, -0.2) is 13.6 Å². The maximum atomic E-state index is 14.0. The third kappa shape index (κ3) is 5.06. The van der Waals surface area contributed by atoms with Crippen LogP contribution in [0.25, 0.3) is 11.0 Å². The molecule has 1 aliphatic heterocycles. The Morgan fingerprint density at radius 1 is 1.16 bits per heavy atom. The highest BCUT2D eigenvalue weighted by molar-refractivity contribution is 5.86. The number of likely N-dealkylation sites (tertiary alicyclic amines) is 1. The molecule has 5 rings (SSSR count). The van der Waals surface area contributed by atoms with Crippen LogP contribution in [-0.4, -0.2) is 34.6 Å². The van der Waals surface area contributed by atoms with Crippen LogP contribution in [0.15, 0.2) is 39.5 Å². The van der Waals surface area contributed by atoms with Crippen molar-refractivity contribution < 1.29 is 27.8 Å². The van der Waals surface area contributed by atoms with Crippen LogP contribution in [-0.2, 0) is 17.8 Å². The topological polar surface area (TPSA) is 80.0 Å². The SMILES string of the molecule is Cc1c(CCC(=O)N2CC[C@]3(O)CCCC[C@@H]3C2)c(=O)oc2c(C)c(OCc3ccc(F)cc3F)ccc12. The lowest BCUT2D eigenvalue weighted by molar-refractivity contribution is -0.143. The number of halogens is 2. The van der Waals surface area contributed by atoms with E-state index in [0.29, 0.717) is 42.0 Å². The minimum Gasteiger partial charge on any atom is -0.488 e. The first kappa shape index (κ1) is 26.4. The molecule has 2 aliphatic rings. The number of ether oxygens (including phenoxy) is 1. The first-order chi connectivity index (χ1) is 18.2. The summed E-state index contributed by atoms with van der Waals surface area (Å²) in [6, 6.07) is 6.83. The summed E-state index contributed by atoms with van der Waals surface area (Å²) in [5.41, 5.74) is 1.28. The van der Waals surface area contributed by atoms with E-state index >= 15 is 0 Å². The van der Waals surface area contributed by atoms with Crippen molar-refractivity contribution in [1.29, 1.82) is 0 Å². The monoisotopic (exact) mass is 525 g/mol. The molecule has 8 heteroatoms. The van der Waals surface area contributed by atoms with Crippen molar-refractivity contribution in [3.05, 3.63) is 74.6 Å². The molecule has 0 spiro atoms. The van der Waals surface area contributed by atoms with Gasteiger partial charge in [0.15, 0.2) is 0 Å². The van der Waals surface area contributed by atoms with Crippen LogP contribution in [0.4, 0.5) is 8.78 Å². The number of rotatable bonds is 6. The number of benzene rings is 2. The summed E-state index contributed by atoms with van der Waals surface area (Å²) in [5.74, 6) is -0.802. The molecular weight excluding hydrogens is 492 g/mol. The van der Waals surface area contributed by atoms with Crippen molar-refractivity contribution in [3.8, 4) is 5.75 Å². The summed E-state index contributed by atoms with van der Waals surface area (Å²) < 4.78 is 38.6. The number of piperidine rings is 1. The smallest absolute Gasteiger partial charge is 0.339 e. The molecule has 1 saturated carbocycles. The van der Waals surface area contributed by atoms with Crippen molar-refractivity contribution in [2.75, 3.05) is 13.1 Å². The van der Waals surface area contributed by atoms with Gasteiger partial charge in [0.05, 0.1) is 5.60 Å². The molecule has 3 aromatic rings. The quantitative estimate of drug-likeness (QED) is 0.439. The van der Waals surface area contributed by atoms with Crippen molar-refractivity contribution in [2.45, 2.75) is 71.0 Å². The lowest BCUT2D eigenvalue weighted by Gasteiger charge is -2.47. The Kier molecular flexibility index (Phi) is 7.27. The number of aliphatic hydroxyl groups is 1. The lowest BCUT2D eigenvalue weighted by atomic mass is 9.71. The summed E-state index contributed by atoms with van der Waals surface area (Å²) in [6.45, 7) is 4.62. The van der Waals surface area contributed by atoms with Gasteiger partial charge in [-0.3, -0.25) is 4.79 Å². The number of aryl methyl sites for hydroxylation is 2. The molecule has 38 heavy (non-hydrogen) atoms. The molecule has 1 saturated heterocycles. The highest BCUT2D eigenvalue weighted by Crippen LogP contribution is 2.40. The van der Waals surface area contributed by atoms with E-state index in [1.807, 2.05) is 11.8 Å². The molecule has 0 bridgehead atoms. The summed E-state index contributed by atoms with van der Waals surface area (Å²) in [5, 5.41) is 11.6. The number of amides is 1. The summed E-state index contributed by atoms with van der Waals surface area (Å²) >= 11 is 0. The molecule has 2 aromatic carbocycles. The molecule has 2 heterocycles. The van der Waals surface area contributed by atoms with E-state index in [0.717, 1.165) is 42.7 Å². The zero-order valence-electron chi connectivity index (χ0n) is 21.8. The lowest BCUT2D eigenvalue weighted by Crippen LogP contribution is -2.54. The molecule has 6 nitrogen and oxygen atoms in total. The van der Waals surface area contributed by atoms with Gasteiger partial charge in [0, 0.05) is 53.6 Å². The normalized spacial score (nSPS) is 21.4. The van der Waals surface area contributed by atoms with Crippen LogP contribution < -0.4 is 10.4 Å². The number of fused-ring (bicyclic) bond motifs is 2. The molecule has 2 fully saturated rings. The van der Waals surface area contributed by atoms with Crippen LogP contribution in [0.3, 0.4) is 0 Å². The zero-order chi connectivity index (χ0) is 27.0. The fraction of sp³-hybridized carbons (Fsp3) is 0.467. The van der Waals surface area contributed by atoms with E-state index < -0.39 is 22.9 Å². The summed E-state index contributed by atoms with van der Waals surface area (Å²) in [4.78, 5) is 27.8. The Bertz CT molecular complexity index is 1430. The predicted octanol–water partition coefficient (Wildman–Crippen LogP) is 5.35. The second-order valence-electron chi connectivity index (χ2n) is 10.7. The zero-order valence-corrected chi connectivity index (χ0v) is 21.8. The van der Waals surface area contributed by atoms with E-state index in [9.17, 15) is 23.5 Å². The molecule has 1 aliphatic carbocycles. The van der Waals surface area contributed by atoms with Gasteiger partial charge in [-0.05, 0) is 69.4 Å². The Hall–Kier alpha value is -3.26. The van der Waals surface area contributed by atoms with E-state index in [2.05, 4.69) is 0 Å². The van der Waals surface area contributed by atoms with Gasteiger partial charge in [0.25, 0.3) is 0 Å². The van der Waals surface area contributed by atoms with Gasteiger partial charge in [-0.2, -0.15) is 0 Å². The molecule has 1 N–H and O–H groups in total. The molecule has 0 radical (unpaired) electrons. The van der Waals surface area contributed by atoms with Crippen LogP contribution >= 0.6 is 0 Å². The molecule has 202 valence electrons. The molecule has 1 amide bonds. The Morgan fingerprint density at radius 2 is 1.97 bits per heavy atom. The largest absolute Gasteiger partial charge is 0.488 e. The Labute approximate surface area is 220 Å². The van der Waals surface area contributed by atoms with Gasteiger partial charge < -0.3 is 19.2 Å². The van der Waals surface area contributed by atoms with Crippen molar-refractivity contribution in [3.63, 3.8) is 0 Å². The molecular formula is C30H33F2NO5. The van der Waals surface area contributed by atoms with Gasteiger partial charge in [-0.15, -0.1) is 0 Å². The summed E-state index contributed by atoms with van der Waals surface area (Å²) in [6.07, 6.45) is 4.96. The maximum Gasteiger partial charge on any atom is 0.339 e. The fourth-order valence-electron chi connectivity index (χ4n) is 6.00. The Morgan fingerprint density at radius 3 is 2.76 bits per heavy atom. The van der Waals surface area contributed by atoms with Crippen LogP contribution in [0.2, 0.25) is 0 Å². The molecule has 1 aromatic heterocycles. The molecule has 2 atom stereocenters. The average molecular weight is 526 g/mol. The second kappa shape index (κ2) is 10.5. The molecule has 0 unspecified atom stereocenters. The van der Waals surface area contributed by atoms with E-state index in [-0.39, 0.29) is 36.8 Å². The highest BCUT2D eigenvalue weighted by atomic mass is 19.1. The first-order valence-electron chi connectivity index (χ1n) is 13.3. The third-order valence-electron chi connectivity index (χ3n) is 8.42. The van der Waals surface area contributed by atoms with Gasteiger partial charge >= 0.3 is 5.63 Å². The first-order valence-corrected chi connectivity index (χ1v) is 13.3. The maximum absolute atomic E-state index is 14.0. The minimum absolute atomic E-state index is 0.00975. The highest BCUT2D eigenvalue weighted by Gasteiger charge is 2.43.